The van der Waals surface area contributed by atoms with Crippen molar-refractivity contribution in [3.8, 4) is 0 Å². The van der Waals surface area contributed by atoms with Gasteiger partial charge in [0.2, 0.25) is 0 Å². The summed E-state index contributed by atoms with van der Waals surface area (Å²) in [6.07, 6.45) is 12.8. The van der Waals surface area contributed by atoms with E-state index in [1.807, 2.05) is 6.08 Å². The van der Waals surface area contributed by atoms with Gasteiger partial charge in [0, 0.05) is 5.92 Å². The van der Waals surface area contributed by atoms with Gasteiger partial charge < -0.3 is 0 Å². The van der Waals surface area contributed by atoms with Crippen LogP contribution in [0.5, 0.6) is 0 Å². The maximum absolute atomic E-state index is 12.3. The second-order valence-corrected chi connectivity index (χ2v) is 7.25. The monoisotopic (exact) mass is 262 g/mol. The van der Waals surface area contributed by atoms with Crippen molar-refractivity contribution in [3.05, 3.63) is 12.2 Å². The fourth-order valence-electron chi connectivity index (χ4n) is 3.65. The van der Waals surface area contributed by atoms with Crippen molar-refractivity contribution in [2.45, 2.75) is 65.7 Å². The van der Waals surface area contributed by atoms with E-state index in [-0.39, 0.29) is 0 Å². The molecule has 2 aliphatic rings. The molecule has 19 heavy (non-hydrogen) atoms. The van der Waals surface area contributed by atoms with E-state index >= 15 is 0 Å². The summed E-state index contributed by atoms with van der Waals surface area (Å²) in [5.74, 6) is 3.78. The summed E-state index contributed by atoms with van der Waals surface area (Å²) < 4.78 is 0. The Morgan fingerprint density at radius 1 is 0.895 bits per heavy atom. The van der Waals surface area contributed by atoms with Crippen LogP contribution in [0.3, 0.4) is 0 Å². The lowest BCUT2D eigenvalue weighted by molar-refractivity contribution is -0.119. The molecule has 2 rings (SSSR count). The van der Waals surface area contributed by atoms with Gasteiger partial charge in [-0.15, -0.1) is 0 Å². The largest absolute Gasteiger partial charge is 0.295 e. The smallest absolute Gasteiger partial charge is 0.158 e. The third-order valence-electron chi connectivity index (χ3n) is 5.59. The molecule has 1 nitrogen and oxygen atoms in total. The highest BCUT2D eigenvalue weighted by Crippen LogP contribution is 2.34. The molecule has 3 atom stereocenters. The summed E-state index contributed by atoms with van der Waals surface area (Å²) in [6, 6.07) is 0. The quantitative estimate of drug-likeness (QED) is 0.653. The topological polar surface area (TPSA) is 17.1 Å². The first-order valence-electron chi connectivity index (χ1n) is 8.28. The lowest BCUT2D eigenvalue weighted by atomic mass is 9.74. The summed E-state index contributed by atoms with van der Waals surface area (Å²) in [7, 11) is 0. The first kappa shape index (κ1) is 14.8. The van der Waals surface area contributed by atoms with Gasteiger partial charge in [0.05, 0.1) is 0 Å². The van der Waals surface area contributed by atoms with Crippen molar-refractivity contribution in [3.63, 3.8) is 0 Å². The van der Waals surface area contributed by atoms with E-state index < -0.39 is 0 Å². The highest BCUT2D eigenvalue weighted by Gasteiger charge is 2.28. The van der Waals surface area contributed by atoms with Crippen LogP contribution < -0.4 is 0 Å². The number of allylic oxidation sites excluding steroid dienone is 2. The number of ketones is 1. The van der Waals surface area contributed by atoms with E-state index in [0.29, 0.717) is 23.5 Å². The number of carbonyl (C=O) groups excluding carboxylic acids is 1. The van der Waals surface area contributed by atoms with Crippen LogP contribution in [-0.2, 0) is 4.79 Å². The van der Waals surface area contributed by atoms with Crippen molar-refractivity contribution in [2.75, 3.05) is 0 Å². The van der Waals surface area contributed by atoms with Crippen LogP contribution in [0, 0.1) is 29.6 Å². The molecule has 0 spiro atoms. The molecule has 0 N–H and O–H groups in total. The fourth-order valence-corrected chi connectivity index (χ4v) is 3.65. The normalized spacial score (nSPS) is 40.5. The van der Waals surface area contributed by atoms with E-state index in [4.69, 9.17) is 0 Å². The van der Waals surface area contributed by atoms with Gasteiger partial charge in [-0.25, -0.2) is 0 Å². The molecule has 0 aromatic carbocycles. The van der Waals surface area contributed by atoms with E-state index in [2.05, 4.69) is 26.8 Å². The summed E-state index contributed by atoms with van der Waals surface area (Å²) >= 11 is 0. The molecule has 0 bridgehead atoms. The Kier molecular flexibility index (Phi) is 5.24. The third kappa shape index (κ3) is 4.19. The van der Waals surface area contributed by atoms with Gasteiger partial charge in [0.25, 0.3) is 0 Å². The maximum Gasteiger partial charge on any atom is 0.158 e. The van der Waals surface area contributed by atoms with Crippen LogP contribution in [-0.4, -0.2) is 5.78 Å². The highest BCUT2D eigenvalue weighted by molar-refractivity contribution is 5.91. The molecule has 1 heteroatoms. The fraction of sp³-hybridized carbons (Fsp3) is 0.833. The highest BCUT2D eigenvalue weighted by atomic mass is 16.1. The molecular formula is C18H30O. The molecule has 3 unspecified atom stereocenters. The first-order valence-corrected chi connectivity index (χ1v) is 8.28. The van der Waals surface area contributed by atoms with Crippen LogP contribution in [0.1, 0.15) is 65.7 Å². The van der Waals surface area contributed by atoms with Gasteiger partial charge >= 0.3 is 0 Å². The minimum atomic E-state index is 0.310. The van der Waals surface area contributed by atoms with Gasteiger partial charge in [-0.3, -0.25) is 4.79 Å². The average molecular weight is 262 g/mol. The summed E-state index contributed by atoms with van der Waals surface area (Å²) in [4.78, 5) is 12.3. The molecular weight excluding hydrogens is 232 g/mol. The summed E-state index contributed by atoms with van der Waals surface area (Å²) in [6.45, 7) is 6.97. The van der Waals surface area contributed by atoms with E-state index in [9.17, 15) is 4.79 Å². The molecule has 108 valence electrons. The molecule has 0 heterocycles. The molecule has 0 radical (unpaired) electrons. The minimum absolute atomic E-state index is 0.310. The SMILES string of the molecule is CC1CCC(C=CC(=O)C2CCC(C)C(C)C2)CC1. The molecule has 2 fully saturated rings. The van der Waals surface area contributed by atoms with E-state index in [1.165, 1.54) is 32.1 Å². The van der Waals surface area contributed by atoms with Crippen molar-refractivity contribution in [2.24, 2.45) is 29.6 Å². The van der Waals surface area contributed by atoms with Gasteiger partial charge in [-0.05, 0) is 61.9 Å². The Hall–Kier alpha value is -0.590. The standard InChI is InChI=1S/C18H30O/c1-13-4-7-16(8-5-13)9-11-18(19)17-10-6-14(2)15(3)12-17/h9,11,13-17H,4-8,10,12H2,1-3H3. The zero-order chi connectivity index (χ0) is 13.8. The predicted molar refractivity (Wildman–Crippen MR) is 80.9 cm³/mol. The Labute approximate surface area is 118 Å². The third-order valence-corrected chi connectivity index (χ3v) is 5.59. The zero-order valence-electron chi connectivity index (χ0n) is 12.9. The Morgan fingerprint density at radius 3 is 2.21 bits per heavy atom. The van der Waals surface area contributed by atoms with Crippen LogP contribution in [0.4, 0.5) is 0 Å². The van der Waals surface area contributed by atoms with Gasteiger partial charge in [-0.1, -0.05) is 39.7 Å². The predicted octanol–water partition coefficient (Wildman–Crippen LogP) is 5.01. The van der Waals surface area contributed by atoms with E-state index in [1.54, 1.807) is 0 Å². The van der Waals surface area contributed by atoms with E-state index in [0.717, 1.165) is 24.7 Å². The number of carbonyl (C=O) groups is 1. The maximum atomic E-state index is 12.3. The lowest BCUT2D eigenvalue weighted by Gasteiger charge is -2.30. The van der Waals surface area contributed by atoms with Crippen LogP contribution in [0.2, 0.25) is 0 Å². The molecule has 2 saturated carbocycles. The number of rotatable bonds is 3. The van der Waals surface area contributed by atoms with Gasteiger partial charge in [-0.2, -0.15) is 0 Å². The number of hydrogen-bond acceptors (Lipinski definition) is 1. The summed E-state index contributed by atoms with van der Waals surface area (Å²) in [5.41, 5.74) is 0. The van der Waals surface area contributed by atoms with Crippen LogP contribution >= 0.6 is 0 Å². The molecule has 0 saturated heterocycles. The zero-order valence-corrected chi connectivity index (χ0v) is 12.9. The van der Waals surface area contributed by atoms with Crippen molar-refractivity contribution >= 4 is 5.78 Å². The first-order chi connectivity index (χ1) is 9.06. The molecule has 0 aromatic heterocycles. The molecule has 0 amide bonds. The Bertz CT molecular complexity index is 323. The minimum Gasteiger partial charge on any atom is -0.295 e. The van der Waals surface area contributed by atoms with Gasteiger partial charge in [0.15, 0.2) is 5.78 Å². The van der Waals surface area contributed by atoms with Crippen LogP contribution in [0.15, 0.2) is 12.2 Å². The van der Waals surface area contributed by atoms with Crippen LogP contribution in [0.25, 0.3) is 0 Å². The lowest BCUT2D eigenvalue weighted by Crippen LogP contribution is -2.25. The Morgan fingerprint density at radius 2 is 1.58 bits per heavy atom. The second-order valence-electron chi connectivity index (χ2n) is 7.25. The van der Waals surface area contributed by atoms with Gasteiger partial charge in [0.1, 0.15) is 0 Å². The molecule has 0 aromatic rings. The molecule has 2 aliphatic carbocycles. The number of hydrogen-bond donors (Lipinski definition) is 0. The average Bonchev–Trinajstić information content (AvgIpc) is 2.41. The van der Waals surface area contributed by atoms with Crippen molar-refractivity contribution in [1.82, 2.24) is 0 Å². The van der Waals surface area contributed by atoms with Crippen molar-refractivity contribution in [1.29, 1.82) is 0 Å². The van der Waals surface area contributed by atoms with Crippen molar-refractivity contribution < 1.29 is 4.79 Å². The molecule has 0 aliphatic heterocycles. The Balaban J connectivity index is 1.80. The second kappa shape index (κ2) is 6.72. The summed E-state index contributed by atoms with van der Waals surface area (Å²) in [5, 5.41) is 0.